The quantitative estimate of drug-likeness (QED) is 0.609. The first kappa shape index (κ1) is 15.3. The third-order valence-electron chi connectivity index (χ3n) is 3.07. The highest BCUT2D eigenvalue weighted by molar-refractivity contribution is 5.76. The van der Waals surface area contributed by atoms with Crippen molar-refractivity contribution >= 4 is 5.97 Å². The van der Waals surface area contributed by atoms with Crippen molar-refractivity contribution < 1.29 is 9.53 Å². The molecule has 0 aliphatic heterocycles. The van der Waals surface area contributed by atoms with Gasteiger partial charge in [0.05, 0.1) is 5.41 Å². The molecular formula is C17H22O2. The van der Waals surface area contributed by atoms with E-state index in [4.69, 9.17) is 4.74 Å². The molecule has 2 nitrogen and oxygen atoms in total. The van der Waals surface area contributed by atoms with Gasteiger partial charge in [0.25, 0.3) is 0 Å². The Morgan fingerprint density at radius 2 is 1.74 bits per heavy atom. The third kappa shape index (κ3) is 4.79. The summed E-state index contributed by atoms with van der Waals surface area (Å²) in [5.41, 5.74) is -0.327. The fourth-order valence-electron chi connectivity index (χ4n) is 1.28. The van der Waals surface area contributed by atoms with Crippen LogP contribution in [0.4, 0.5) is 0 Å². The molecule has 102 valence electrons. The van der Waals surface area contributed by atoms with Crippen LogP contribution in [0, 0.1) is 17.3 Å². The van der Waals surface area contributed by atoms with E-state index in [2.05, 4.69) is 11.8 Å². The van der Waals surface area contributed by atoms with Crippen molar-refractivity contribution in [2.24, 2.45) is 5.41 Å². The van der Waals surface area contributed by atoms with Gasteiger partial charge >= 0.3 is 5.97 Å². The topological polar surface area (TPSA) is 26.3 Å². The predicted molar refractivity (Wildman–Crippen MR) is 77.6 cm³/mol. The van der Waals surface area contributed by atoms with E-state index in [0.717, 1.165) is 12.0 Å². The molecule has 0 radical (unpaired) electrons. The number of hydrogen-bond acceptors (Lipinski definition) is 2. The van der Waals surface area contributed by atoms with Crippen LogP contribution in [-0.4, -0.2) is 11.6 Å². The zero-order valence-corrected chi connectivity index (χ0v) is 12.4. The maximum atomic E-state index is 12.0. The summed E-state index contributed by atoms with van der Waals surface area (Å²) in [5, 5.41) is 0. The van der Waals surface area contributed by atoms with Crippen LogP contribution in [-0.2, 0) is 9.53 Å². The molecule has 0 amide bonds. The molecule has 0 aromatic heterocycles. The molecule has 0 N–H and O–H groups in total. The van der Waals surface area contributed by atoms with Crippen LogP contribution < -0.4 is 0 Å². The average molecular weight is 258 g/mol. The first-order chi connectivity index (χ1) is 8.77. The van der Waals surface area contributed by atoms with E-state index in [1.807, 2.05) is 65.0 Å². The maximum absolute atomic E-state index is 12.0. The number of benzene rings is 1. The molecule has 0 aliphatic rings. The average Bonchev–Trinajstić information content (AvgIpc) is 2.37. The molecule has 0 fully saturated rings. The lowest BCUT2D eigenvalue weighted by Crippen LogP contribution is -2.34. The minimum absolute atomic E-state index is 0.206. The molecule has 1 aromatic carbocycles. The summed E-state index contributed by atoms with van der Waals surface area (Å²) in [4.78, 5) is 12.0. The second kappa shape index (κ2) is 5.93. The Hall–Kier alpha value is -1.75. The molecule has 2 heteroatoms. The van der Waals surface area contributed by atoms with Gasteiger partial charge in [-0.1, -0.05) is 37.0 Å². The molecule has 1 rings (SSSR count). The van der Waals surface area contributed by atoms with Crippen LogP contribution in [0.5, 0.6) is 0 Å². The van der Waals surface area contributed by atoms with Crippen molar-refractivity contribution in [2.75, 3.05) is 0 Å². The van der Waals surface area contributed by atoms with E-state index in [1.165, 1.54) is 0 Å². The van der Waals surface area contributed by atoms with E-state index < -0.39 is 11.0 Å². The van der Waals surface area contributed by atoms with Crippen LogP contribution in [0.15, 0.2) is 30.3 Å². The van der Waals surface area contributed by atoms with Crippen LogP contribution in [0.1, 0.15) is 46.6 Å². The highest BCUT2D eigenvalue weighted by atomic mass is 16.6. The van der Waals surface area contributed by atoms with E-state index >= 15 is 0 Å². The van der Waals surface area contributed by atoms with E-state index in [9.17, 15) is 4.79 Å². The lowest BCUT2D eigenvalue weighted by molar-refractivity contribution is -0.162. The van der Waals surface area contributed by atoms with Crippen molar-refractivity contribution in [1.82, 2.24) is 0 Å². The molecule has 0 unspecified atom stereocenters. The van der Waals surface area contributed by atoms with Gasteiger partial charge in [0.2, 0.25) is 0 Å². The SMILES string of the molecule is CCC(C)(C)C(=O)OC(C)(C)C#Cc1ccccc1. The molecule has 0 atom stereocenters. The Balaban J connectivity index is 2.78. The number of carbonyl (C=O) groups is 1. The van der Waals surface area contributed by atoms with Gasteiger partial charge in [-0.25, -0.2) is 0 Å². The third-order valence-corrected chi connectivity index (χ3v) is 3.07. The van der Waals surface area contributed by atoms with Gasteiger partial charge in [-0.3, -0.25) is 4.79 Å². The van der Waals surface area contributed by atoms with Crippen molar-refractivity contribution in [3.8, 4) is 11.8 Å². The lowest BCUT2D eigenvalue weighted by atomic mass is 9.90. The summed E-state index contributed by atoms with van der Waals surface area (Å²) in [7, 11) is 0. The Morgan fingerprint density at radius 3 is 2.26 bits per heavy atom. The smallest absolute Gasteiger partial charge is 0.312 e. The van der Waals surface area contributed by atoms with Gasteiger partial charge < -0.3 is 4.74 Å². The Kier molecular flexibility index (Phi) is 4.78. The largest absolute Gasteiger partial charge is 0.446 e. The molecule has 0 saturated carbocycles. The maximum Gasteiger partial charge on any atom is 0.312 e. The number of ether oxygens (including phenoxy) is 1. The fraction of sp³-hybridized carbons (Fsp3) is 0.471. The lowest BCUT2D eigenvalue weighted by Gasteiger charge is -2.26. The Labute approximate surface area is 116 Å². The zero-order valence-electron chi connectivity index (χ0n) is 12.4. The van der Waals surface area contributed by atoms with Crippen molar-refractivity contribution in [3.05, 3.63) is 35.9 Å². The van der Waals surface area contributed by atoms with E-state index in [-0.39, 0.29) is 5.97 Å². The number of hydrogen-bond donors (Lipinski definition) is 0. The van der Waals surface area contributed by atoms with Gasteiger partial charge in [0.1, 0.15) is 0 Å². The molecule has 1 aromatic rings. The van der Waals surface area contributed by atoms with Crippen molar-refractivity contribution in [1.29, 1.82) is 0 Å². The summed E-state index contributed by atoms with van der Waals surface area (Å²) in [5.74, 6) is 5.84. The van der Waals surface area contributed by atoms with Crippen LogP contribution >= 0.6 is 0 Å². The summed E-state index contributed by atoms with van der Waals surface area (Å²) >= 11 is 0. The Bertz CT molecular complexity index is 487. The normalized spacial score (nSPS) is 11.4. The molecule has 0 aliphatic carbocycles. The summed E-state index contributed by atoms with van der Waals surface area (Å²) in [6.45, 7) is 9.37. The molecule has 0 bridgehead atoms. The van der Waals surface area contributed by atoms with Crippen LogP contribution in [0.25, 0.3) is 0 Å². The molecule has 19 heavy (non-hydrogen) atoms. The monoisotopic (exact) mass is 258 g/mol. The summed E-state index contributed by atoms with van der Waals surface area (Å²) in [6.07, 6.45) is 0.744. The zero-order chi connectivity index (χ0) is 14.5. The van der Waals surface area contributed by atoms with Crippen molar-refractivity contribution in [2.45, 2.75) is 46.6 Å². The van der Waals surface area contributed by atoms with Crippen molar-refractivity contribution in [3.63, 3.8) is 0 Å². The van der Waals surface area contributed by atoms with Crippen LogP contribution in [0.2, 0.25) is 0 Å². The minimum Gasteiger partial charge on any atom is -0.446 e. The van der Waals surface area contributed by atoms with E-state index in [0.29, 0.717) is 0 Å². The number of esters is 1. The van der Waals surface area contributed by atoms with Crippen LogP contribution in [0.3, 0.4) is 0 Å². The first-order valence-corrected chi connectivity index (χ1v) is 6.58. The summed E-state index contributed by atoms with van der Waals surface area (Å²) < 4.78 is 5.50. The van der Waals surface area contributed by atoms with Gasteiger partial charge in [-0.15, -0.1) is 0 Å². The molecule has 0 spiro atoms. The van der Waals surface area contributed by atoms with Gasteiger partial charge in [0.15, 0.2) is 5.60 Å². The molecular weight excluding hydrogens is 236 g/mol. The summed E-state index contributed by atoms with van der Waals surface area (Å²) in [6, 6.07) is 9.67. The second-order valence-corrected chi connectivity index (χ2v) is 5.75. The molecule has 0 heterocycles. The van der Waals surface area contributed by atoms with Gasteiger partial charge in [-0.05, 0) is 46.2 Å². The fourth-order valence-corrected chi connectivity index (χ4v) is 1.28. The number of carbonyl (C=O) groups excluding carboxylic acids is 1. The Morgan fingerprint density at radius 1 is 1.16 bits per heavy atom. The molecule has 0 saturated heterocycles. The second-order valence-electron chi connectivity index (χ2n) is 5.75. The first-order valence-electron chi connectivity index (χ1n) is 6.58. The minimum atomic E-state index is -0.778. The standard InChI is InChI=1S/C17H22O2/c1-6-16(2,3)15(18)19-17(4,5)13-12-14-10-8-7-9-11-14/h7-11H,6H2,1-5H3. The van der Waals surface area contributed by atoms with Gasteiger partial charge in [0, 0.05) is 5.56 Å². The highest BCUT2D eigenvalue weighted by Gasteiger charge is 2.31. The van der Waals surface area contributed by atoms with E-state index in [1.54, 1.807) is 0 Å². The highest BCUT2D eigenvalue weighted by Crippen LogP contribution is 2.24. The number of rotatable bonds is 3. The predicted octanol–water partition coefficient (Wildman–Crippen LogP) is 3.80. The van der Waals surface area contributed by atoms with Gasteiger partial charge in [-0.2, -0.15) is 0 Å².